The van der Waals surface area contributed by atoms with Gasteiger partial charge in [-0.3, -0.25) is 9.59 Å². The third kappa shape index (κ3) is 10.8. The van der Waals surface area contributed by atoms with E-state index in [-0.39, 0.29) is 47.9 Å². The smallest absolute Gasteiger partial charge is 0.254 e. The SMILES string of the molecule is COCOc1ccc(-c2nc(COc3cc(-c4nc(COc5ccc(F)c(C(N)=O)c5F)sc4-c4cccc(N)c4)c(F)cc3F)sc2-c2ccccc2N)cc1.NC(=O)c1ccccc1. The maximum absolute atomic E-state index is 15.7. The number of nitrogens with two attached hydrogens (primary N) is 4. The highest BCUT2D eigenvalue weighted by Gasteiger charge is 2.24. The van der Waals surface area contributed by atoms with Crippen LogP contribution in [0, 0.1) is 23.3 Å². The standard InChI is InChI=1S/C41H31F4N5O5S2.C7H7NO/c1-52-20-55-24-11-9-21(10-12-24)37-40(25-7-2-3-8-30(25)47)57-33(49-37)19-54-32-16-26(28(43)17-29(32)44)38-39(22-5-4-6-23(46)15-22)56-34(50-38)18-53-31-14-13-27(42)35(36(31)45)41(48)51;8-7(9)6-4-2-1-3-5-6/h2-17H,18-20,46-47H2,1H3,(H2,48,51);1-5H,(H2,8,9). The van der Waals surface area contributed by atoms with Gasteiger partial charge in [0.1, 0.15) is 46.2 Å². The van der Waals surface area contributed by atoms with Gasteiger partial charge in [-0.15, -0.1) is 22.7 Å². The van der Waals surface area contributed by atoms with Crippen LogP contribution >= 0.6 is 22.7 Å². The van der Waals surface area contributed by atoms with Gasteiger partial charge < -0.3 is 41.9 Å². The van der Waals surface area contributed by atoms with Crippen LogP contribution in [0.5, 0.6) is 17.2 Å². The lowest BCUT2D eigenvalue weighted by atomic mass is 10.1. The van der Waals surface area contributed by atoms with Crippen molar-refractivity contribution in [3.8, 4) is 60.6 Å². The minimum atomic E-state index is -1.31. The van der Waals surface area contributed by atoms with E-state index in [4.69, 9.17) is 46.9 Å². The Bertz CT molecular complexity index is 3020. The molecule has 0 fully saturated rings. The first-order chi connectivity index (χ1) is 31.8. The third-order valence-corrected chi connectivity index (χ3v) is 11.6. The Balaban J connectivity index is 0.000000644. The summed E-state index contributed by atoms with van der Waals surface area (Å²) >= 11 is 2.38. The van der Waals surface area contributed by atoms with Gasteiger partial charge in [-0.25, -0.2) is 27.5 Å². The Hall–Kier alpha value is -7.80. The fourth-order valence-corrected chi connectivity index (χ4v) is 8.44. The number of nitrogen functional groups attached to an aromatic ring is 2. The number of thiazole rings is 2. The molecule has 0 aliphatic heterocycles. The molecule has 8 rings (SSSR count). The van der Waals surface area contributed by atoms with Crippen LogP contribution in [0.2, 0.25) is 0 Å². The lowest BCUT2D eigenvalue weighted by Crippen LogP contribution is -2.16. The van der Waals surface area contributed by atoms with E-state index in [0.717, 1.165) is 39.5 Å². The highest BCUT2D eigenvalue weighted by Crippen LogP contribution is 2.43. The van der Waals surface area contributed by atoms with E-state index in [0.29, 0.717) is 49.9 Å². The van der Waals surface area contributed by atoms with Crippen molar-refractivity contribution in [3.63, 3.8) is 0 Å². The molecule has 0 atom stereocenters. The fourth-order valence-electron chi connectivity index (χ4n) is 6.40. The van der Waals surface area contributed by atoms with Crippen LogP contribution < -0.4 is 37.1 Å². The van der Waals surface area contributed by atoms with E-state index in [1.807, 2.05) is 36.4 Å². The summed E-state index contributed by atoms with van der Waals surface area (Å²) in [5.41, 5.74) is 25.8. The van der Waals surface area contributed by atoms with Gasteiger partial charge in [0.25, 0.3) is 5.91 Å². The molecule has 12 nitrogen and oxygen atoms in total. The first-order valence-corrected chi connectivity index (χ1v) is 21.2. The van der Waals surface area contributed by atoms with Crippen molar-refractivity contribution in [3.05, 3.63) is 172 Å². The van der Waals surface area contributed by atoms with Crippen LogP contribution in [0.4, 0.5) is 28.9 Å². The fraction of sp³-hybridized carbons (Fsp3) is 0.0833. The van der Waals surface area contributed by atoms with Crippen molar-refractivity contribution >= 4 is 45.9 Å². The van der Waals surface area contributed by atoms with Gasteiger partial charge in [0.15, 0.2) is 29.9 Å². The third-order valence-electron chi connectivity index (χ3n) is 9.51. The summed E-state index contributed by atoms with van der Waals surface area (Å²) in [7, 11) is 1.53. The average molecular weight is 935 g/mol. The molecule has 0 saturated carbocycles. The number of aromatic nitrogens is 2. The summed E-state index contributed by atoms with van der Waals surface area (Å²) in [4.78, 5) is 32.7. The number of nitrogens with zero attached hydrogens (tertiary/aromatic N) is 2. The summed E-state index contributed by atoms with van der Waals surface area (Å²) in [5.74, 6) is -6.14. The quantitative estimate of drug-likeness (QED) is 0.0436. The van der Waals surface area contributed by atoms with E-state index < -0.39 is 40.5 Å². The molecule has 8 N–H and O–H groups in total. The first-order valence-electron chi connectivity index (χ1n) is 19.6. The molecular weight excluding hydrogens is 897 g/mol. The van der Waals surface area contributed by atoms with E-state index >= 15 is 8.78 Å². The second-order valence-electron chi connectivity index (χ2n) is 14.0. The van der Waals surface area contributed by atoms with Crippen LogP contribution in [0.3, 0.4) is 0 Å². The molecule has 18 heteroatoms. The van der Waals surface area contributed by atoms with Crippen LogP contribution in [-0.4, -0.2) is 35.7 Å². The molecule has 6 aromatic carbocycles. The van der Waals surface area contributed by atoms with Crippen LogP contribution in [-0.2, 0) is 18.0 Å². The molecule has 2 aromatic heterocycles. The van der Waals surface area contributed by atoms with Crippen LogP contribution in [0.25, 0.3) is 43.4 Å². The van der Waals surface area contributed by atoms with E-state index in [2.05, 4.69) is 4.98 Å². The number of primary amides is 2. The molecule has 0 aliphatic rings. The summed E-state index contributed by atoms with van der Waals surface area (Å²) < 4.78 is 82.2. The van der Waals surface area contributed by atoms with E-state index in [1.165, 1.54) is 24.5 Å². The van der Waals surface area contributed by atoms with Crippen molar-refractivity contribution in [2.75, 3.05) is 25.4 Å². The minimum absolute atomic E-state index is 0.0877. The van der Waals surface area contributed by atoms with Gasteiger partial charge in [0, 0.05) is 46.8 Å². The molecule has 0 spiro atoms. The van der Waals surface area contributed by atoms with Crippen molar-refractivity contribution in [1.29, 1.82) is 0 Å². The van der Waals surface area contributed by atoms with Gasteiger partial charge in [0.2, 0.25) is 5.91 Å². The Morgan fingerprint density at radius 1 is 0.591 bits per heavy atom. The Morgan fingerprint density at radius 2 is 1.26 bits per heavy atom. The topological polar surface area (TPSA) is 201 Å². The summed E-state index contributed by atoms with van der Waals surface area (Å²) in [6.45, 7) is -0.461. The summed E-state index contributed by atoms with van der Waals surface area (Å²) in [6, 6.07) is 33.8. The Kier molecular flexibility index (Phi) is 14.6. The number of para-hydroxylation sites is 1. The lowest BCUT2D eigenvalue weighted by Gasteiger charge is -2.10. The molecule has 2 amide bonds. The molecule has 0 radical (unpaired) electrons. The molecule has 8 aromatic rings. The molecule has 0 saturated heterocycles. The zero-order valence-electron chi connectivity index (χ0n) is 34.7. The van der Waals surface area contributed by atoms with Gasteiger partial charge in [0.05, 0.1) is 21.1 Å². The second kappa shape index (κ2) is 20.8. The Labute approximate surface area is 383 Å². The normalized spacial score (nSPS) is 10.8. The number of methoxy groups -OCH3 is 1. The number of carbonyl (C=O) groups excluding carboxylic acids is 2. The van der Waals surface area contributed by atoms with Crippen molar-refractivity contribution in [1.82, 2.24) is 9.97 Å². The second-order valence-corrected chi connectivity index (χ2v) is 16.2. The number of amides is 2. The zero-order valence-corrected chi connectivity index (χ0v) is 36.4. The number of rotatable bonds is 15. The number of carbonyl (C=O) groups is 2. The maximum atomic E-state index is 15.7. The van der Waals surface area contributed by atoms with E-state index in [1.54, 1.807) is 66.7 Å². The van der Waals surface area contributed by atoms with Gasteiger partial charge >= 0.3 is 0 Å². The highest BCUT2D eigenvalue weighted by atomic mass is 32.1. The number of halogens is 4. The molecule has 2 heterocycles. The average Bonchev–Trinajstić information content (AvgIpc) is 3.93. The number of benzene rings is 6. The number of hydrogen-bond acceptors (Lipinski definition) is 12. The number of hydrogen-bond donors (Lipinski definition) is 4. The molecule has 336 valence electrons. The molecule has 66 heavy (non-hydrogen) atoms. The lowest BCUT2D eigenvalue weighted by molar-refractivity contribution is 0.0511. The van der Waals surface area contributed by atoms with Gasteiger partial charge in [-0.1, -0.05) is 48.5 Å². The van der Waals surface area contributed by atoms with E-state index in [9.17, 15) is 18.4 Å². The molecule has 0 unspecified atom stereocenters. The minimum Gasteiger partial charge on any atom is -0.483 e. The molecular formula is C48H38F4N6O6S2. The largest absolute Gasteiger partial charge is 0.483 e. The number of ether oxygens (including phenoxy) is 4. The maximum Gasteiger partial charge on any atom is 0.254 e. The highest BCUT2D eigenvalue weighted by molar-refractivity contribution is 7.16. The first kappa shape index (κ1) is 46.2. The molecule has 0 bridgehead atoms. The summed E-state index contributed by atoms with van der Waals surface area (Å²) in [5, 5.41) is 0.716. The van der Waals surface area contributed by atoms with Crippen molar-refractivity contribution in [2.45, 2.75) is 13.2 Å². The Morgan fingerprint density at radius 3 is 1.91 bits per heavy atom. The number of anilines is 2. The molecule has 0 aliphatic carbocycles. The van der Waals surface area contributed by atoms with Crippen LogP contribution in [0.15, 0.2) is 127 Å². The predicted octanol–water partition coefficient (Wildman–Crippen LogP) is 10.0. The monoisotopic (exact) mass is 934 g/mol. The summed E-state index contributed by atoms with van der Waals surface area (Å²) in [6.07, 6.45) is 0. The van der Waals surface area contributed by atoms with Crippen LogP contribution in [0.1, 0.15) is 30.7 Å². The predicted molar refractivity (Wildman–Crippen MR) is 246 cm³/mol. The van der Waals surface area contributed by atoms with Gasteiger partial charge in [-0.2, -0.15) is 0 Å². The zero-order chi connectivity index (χ0) is 46.9. The van der Waals surface area contributed by atoms with Crippen molar-refractivity contribution in [2.24, 2.45) is 11.5 Å². The van der Waals surface area contributed by atoms with Crippen molar-refractivity contribution < 1.29 is 46.1 Å². The van der Waals surface area contributed by atoms with Gasteiger partial charge in [-0.05, 0) is 78.4 Å².